The number of anilines is 1. The fourth-order valence-corrected chi connectivity index (χ4v) is 6.67. The van der Waals surface area contributed by atoms with Gasteiger partial charge in [-0.05, 0) is 79.8 Å². The van der Waals surface area contributed by atoms with Crippen LogP contribution in [0.3, 0.4) is 0 Å². The Morgan fingerprint density at radius 1 is 0.930 bits per heavy atom. The first-order valence-electron chi connectivity index (χ1n) is 15.9. The van der Waals surface area contributed by atoms with Gasteiger partial charge in [0.2, 0.25) is 0 Å². The lowest BCUT2D eigenvalue weighted by molar-refractivity contribution is 0.0900. The quantitative estimate of drug-likeness (QED) is 0.211. The number of amides is 1. The lowest BCUT2D eigenvalue weighted by atomic mass is 9.93. The van der Waals surface area contributed by atoms with Crippen molar-refractivity contribution in [2.75, 3.05) is 11.4 Å². The molecular weight excluding hydrogens is 534 g/mol. The maximum absolute atomic E-state index is 12.8. The predicted octanol–water partition coefficient (Wildman–Crippen LogP) is 7.51. The average molecular weight is 576 g/mol. The van der Waals surface area contributed by atoms with Crippen LogP contribution < -0.4 is 10.2 Å². The predicted molar refractivity (Wildman–Crippen MR) is 169 cm³/mol. The second-order valence-corrected chi connectivity index (χ2v) is 12.1. The molecule has 0 spiro atoms. The molecule has 6 rings (SSSR count). The number of benzene rings is 2. The number of nitrogens with one attached hydrogen (secondary N) is 1. The van der Waals surface area contributed by atoms with E-state index in [0.29, 0.717) is 17.4 Å². The minimum atomic E-state index is -0.114. The summed E-state index contributed by atoms with van der Waals surface area (Å²) in [6, 6.07) is 23.1. The van der Waals surface area contributed by atoms with Crippen molar-refractivity contribution < 1.29 is 9.21 Å². The minimum absolute atomic E-state index is 0.114. The highest BCUT2D eigenvalue weighted by Gasteiger charge is 2.23. The van der Waals surface area contributed by atoms with E-state index < -0.39 is 0 Å². The Hall–Kier alpha value is -4.31. The Labute approximate surface area is 254 Å². The number of hydrogen-bond acceptors (Lipinski definition) is 5. The molecule has 2 fully saturated rings. The maximum Gasteiger partial charge on any atom is 0.287 e. The minimum Gasteiger partial charge on any atom is -0.451 e. The SMILES string of the molecule is N#Cc1ccc(Cn2cncc2CCN(c2ccc(-c3ccc(C(=O)NC4CCCCC4)o3)cc2)C2CCCCC2)cc1. The Bertz CT molecular complexity index is 1520. The molecular formula is C36H41N5O2. The second-order valence-electron chi connectivity index (χ2n) is 12.1. The van der Waals surface area contributed by atoms with Crippen molar-refractivity contribution >= 4 is 11.6 Å². The molecule has 4 aromatic rings. The molecule has 2 aromatic carbocycles. The van der Waals surface area contributed by atoms with Gasteiger partial charge in [0.1, 0.15) is 5.76 Å². The van der Waals surface area contributed by atoms with Crippen molar-refractivity contribution in [1.82, 2.24) is 14.9 Å². The summed E-state index contributed by atoms with van der Waals surface area (Å²) in [5.41, 5.74) is 5.23. The molecule has 2 heterocycles. The van der Waals surface area contributed by atoms with Gasteiger partial charge in [0.25, 0.3) is 5.91 Å². The highest BCUT2D eigenvalue weighted by atomic mass is 16.3. The van der Waals surface area contributed by atoms with Crippen LogP contribution in [0, 0.1) is 11.3 Å². The molecule has 0 bridgehead atoms. The highest BCUT2D eigenvalue weighted by Crippen LogP contribution is 2.31. The molecule has 222 valence electrons. The Balaban J connectivity index is 1.13. The van der Waals surface area contributed by atoms with Crippen LogP contribution in [0.1, 0.15) is 91.6 Å². The van der Waals surface area contributed by atoms with E-state index in [4.69, 9.17) is 9.68 Å². The molecule has 2 aliphatic carbocycles. The molecule has 7 heteroatoms. The van der Waals surface area contributed by atoms with Crippen molar-refractivity contribution in [3.8, 4) is 17.4 Å². The van der Waals surface area contributed by atoms with Gasteiger partial charge in [-0.2, -0.15) is 5.26 Å². The van der Waals surface area contributed by atoms with Gasteiger partial charge < -0.3 is 19.2 Å². The molecule has 0 unspecified atom stereocenters. The van der Waals surface area contributed by atoms with Crippen molar-refractivity contribution in [2.45, 2.75) is 89.3 Å². The molecule has 2 saturated carbocycles. The zero-order chi connectivity index (χ0) is 29.4. The molecule has 0 saturated heterocycles. The van der Waals surface area contributed by atoms with Crippen molar-refractivity contribution in [2.24, 2.45) is 0 Å². The highest BCUT2D eigenvalue weighted by molar-refractivity contribution is 5.92. The number of hydrogen-bond donors (Lipinski definition) is 1. The number of furan rings is 1. The molecule has 7 nitrogen and oxygen atoms in total. The standard InChI is InChI=1S/C36H41N5O2/c37-23-27-11-13-28(14-12-27)25-40-26-38-24-33(40)21-22-41(31-9-5-2-6-10-31)32-17-15-29(16-18-32)34-19-20-35(43-34)36(42)39-30-7-3-1-4-8-30/h11-20,24,26,30-31H,1-10,21-22,25H2,(H,39,42). The molecule has 1 amide bonds. The molecule has 43 heavy (non-hydrogen) atoms. The zero-order valence-corrected chi connectivity index (χ0v) is 24.9. The van der Waals surface area contributed by atoms with Gasteiger partial charge in [0.05, 0.1) is 18.0 Å². The van der Waals surface area contributed by atoms with E-state index >= 15 is 0 Å². The molecule has 1 N–H and O–H groups in total. The van der Waals surface area contributed by atoms with Crippen LogP contribution in [-0.2, 0) is 13.0 Å². The number of carbonyl (C=O) groups is 1. The maximum atomic E-state index is 12.8. The van der Waals surface area contributed by atoms with E-state index in [2.05, 4.69) is 50.1 Å². The van der Waals surface area contributed by atoms with Gasteiger partial charge in [-0.3, -0.25) is 4.79 Å². The van der Waals surface area contributed by atoms with Gasteiger partial charge in [-0.1, -0.05) is 50.7 Å². The van der Waals surface area contributed by atoms with E-state index in [1.165, 1.54) is 62.7 Å². The van der Waals surface area contributed by atoms with Crippen LogP contribution in [0.2, 0.25) is 0 Å². The first-order chi connectivity index (χ1) is 21.2. The summed E-state index contributed by atoms with van der Waals surface area (Å²) >= 11 is 0. The van der Waals surface area contributed by atoms with Crippen LogP contribution in [0.4, 0.5) is 5.69 Å². The van der Waals surface area contributed by atoms with Gasteiger partial charge in [-0.25, -0.2) is 4.98 Å². The van der Waals surface area contributed by atoms with Gasteiger partial charge in [-0.15, -0.1) is 0 Å². The van der Waals surface area contributed by atoms with E-state index in [1.807, 2.05) is 42.9 Å². The molecule has 2 aliphatic rings. The average Bonchev–Trinajstić information content (AvgIpc) is 3.73. The summed E-state index contributed by atoms with van der Waals surface area (Å²) in [5, 5.41) is 12.3. The topological polar surface area (TPSA) is 87.1 Å². The van der Waals surface area contributed by atoms with Crippen LogP contribution in [-0.4, -0.2) is 34.1 Å². The van der Waals surface area contributed by atoms with Crippen LogP contribution in [0.25, 0.3) is 11.3 Å². The Morgan fingerprint density at radius 2 is 1.65 bits per heavy atom. The number of nitrogens with zero attached hydrogens (tertiary/aromatic N) is 4. The fraction of sp³-hybridized carbons (Fsp3) is 0.417. The van der Waals surface area contributed by atoms with Crippen molar-refractivity contribution in [1.29, 1.82) is 5.26 Å². The summed E-state index contributed by atoms with van der Waals surface area (Å²) in [5.74, 6) is 0.985. The Morgan fingerprint density at radius 3 is 2.37 bits per heavy atom. The summed E-state index contributed by atoms with van der Waals surface area (Å²) in [6.45, 7) is 1.65. The normalized spacial score (nSPS) is 16.1. The Kier molecular flexibility index (Phi) is 9.22. The summed E-state index contributed by atoms with van der Waals surface area (Å²) in [6.07, 6.45) is 16.8. The fourth-order valence-electron chi connectivity index (χ4n) is 6.67. The van der Waals surface area contributed by atoms with E-state index in [0.717, 1.165) is 49.2 Å². The monoisotopic (exact) mass is 575 g/mol. The van der Waals surface area contributed by atoms with Gasteiger partial charge >= 0.3 is 0 Å². The third kappa shape index (κ3) is 7.19. The van der Waals surface area contributed by atoms with Crippen LogP contribution in [0.5, 0.6) is 0 Å². The summed E-state index contributed by atoms with van der Waals surface area (Å²) in [4.78, 5) is 19.8. The molecule has 2 aromatic heterocycles. The van der Waals surface area contributed by atoms with Gasteiger partial charge in [0.15, 0.2) is 5.76 Å². The van der Waals surface area contributed by atoms with Crippen molar-refractivity contribution in [3.05, 3.63) is 95.8 Å². The summed E-state index contributed by atoms with van der Waals surface area (Å²) in [7, 11) is 0. The lowest BCUT2D eigenvalue weighted by Crippen LogP contribution is -2.38. The van der Waals surface area contributed by atoms with Gasteiger partial charge in [0, 0.05) is 54.7 Å². The second kappa shape index (κ2) is 13.8. The zero-order valence-electron chi connectivity index (χ0n) is 24.9. The first-order valence-corrected chi connectivity index (χ1v) is 15.9. The number of aromatic nitrogens is 2. The molecule has 0 atom stereocenters. The number of imidazole rings is 1. The van der Waals surface area contributed by atoms with E-state index in [-0.39, 0.29) is 11.9 Å². The third-order valence-corrected chi connectivity index (χ3v) is 9.11. The largest absolute Gasteiger partial charge is 0.451 e. The van der Waals surface area contributed by atoms with E-state index in [1.54, 1.807) is 6.07 Å². The number of rotatable bonds is 10. The smallest absolute Gasteiger partial charge is 0.287 e. The number of nitriles is 1. The van der Waals surface area contributed by atoms with Crippen molar-refractivity contribution in [3.63, 3.8) is 0 Å². The summed E-state index contributed by atoms with van der Waals surface area (Å²) < 4.78 is 8.22. The lowest BCUT2D eigenvalue weighted by Gasteiger charge is -2.36. The van der Waals surface area contributed by atoms with Crippen LogP contribution >= 0.6 is 0 Å². The first kappa shape index (κ1) is 28.8. The molecule has 0 radical (unpaired) electrons. The van der Waals surface area contributed by atoms with E-state index in [9.17, 15) is 4.79 Å². The molecule has 0 aliphatic heterocycles. The third-order valence-electron chi connectivity index (χ3n) is 9.11. The number of carbonyl (C=O) groups excluding carboxylic acids is 1. The van der Waals surface area contributed by atoms with Crippen LogP contribution in [0.15, 0.2) is 77.6 Å².